The maximum atomic E-state index is 6.02. The summed E-state index contributed by atoms with van der Waals surface area (Å²) in [4.78, 5) is 0. The van der Waals surface area contributed by atoms with Gasteiger partial charge >= 0.3 is 0 Å². The predicted molar refractivity (Wildman–Crippen MR) is 76.3 cm³/mol. The lowest BCUT2D eigenvalue weighted by molar-refractivity contribution is 0.103. The van der Waals surface area contributed by atoms with Crippen molar-refractivity contribution >= 4 is 11.6 Å². The van der Waals surface area contributed by atoms with E-state index in [1.165, 1.54) is 25.7 Å². The van der Waals surface area contributed by atoms with Crippen LogP contribution in [-0.4, -0.2) is 45.9 Å². The highest BCUT2D eigenvalue weighted by Gasteiger charge is 2.23. The van der Waals surface area contributed by atoms with E-state index in [0.29, 0.717) is 0 Å². The minimum absolute atomic E-state index is 0.718. The maximum absolute atomic E-state index is 6.02. The highest BCUT2D eigenvalue weighted by atomic mass is 35.5. The average molecular weight is 278 g/mol. The van der Waals surface area contributed by atoms with Gasteiger partial charge in [-0.25, -0.2) is 0 Å². The smallest absolute Gasteiger partial charge is 0.0590 e. The van der Waals surface area contributed by atoms with Crippen molar-refractivity contribution in [2.45, 2.75) is 32.1 Å². The molecule has 4 heteroatoms. The number of nitrogens with one attached hydrogen (secondary N) is 1. The molecule has 0 saturated heterocycles. The van der Waals surface area contributed by atoms with E-state index in [1.54, 1.807) is 7.11 Å². The number of rotatable bonds is 10. The number of hydrogen-bond donors (Lipinski definition) is 1. The van der Waals surface area contributed by atoms with Crippen molar-refractivity contribution in [3.8, 4) is 0 Å². The molecule has 0 aromatic rings. The molecule has 1 rings (SSSR count). The molecule has 0 spiro atoms. The molecule has 0 heterocycles. The second-order valence-electron chi connectivity index (χ2n) is 5.12. The van der Waals surface area contributed by atoms with Crippen LogP contribution < -0.4 is 5.32 Å². The molecule has 0 aliphatic heterocycles. The molecule has 0 aromatic carbocycles. The van der Waals surface area contributed by atoms with E-state index in [4.69, 9.17) is 21.1 Å². The number of halogens is 1. The summed E-state index contributed by atoms with van der Waals surface area (Å²) in [5.41, 5.74) is 0. The molecule has 1 aliphatic carbocycles. The quantitative estimate of drug-likeness (QED) is 0.492. The van der Waals surface area contributed by atoms with Crippen molar-refractivity contribution in [2.75, 3.05) is 45.9 Å². The van der Waals surface area contributed by atoms with Crippen LogP contribution >= 0.6 is 11.6 Å². The van der Waals surface area contributed by atoms with Crippen molar-refractivity contribution < 1.29 is 9.47 Å². The third kappa shape index (κ3) is 6.93. The first-order chi connectivity index (χ1) is 8.88. The van der Waals surface area contributed by atoms with Gasteiger partial charge in [-0.15, -0.1) is 11.6 Å². The lowest BCUT2D eigenvalue weighted by Gasteiger charge is -2.30. The zero-order valence-electron chi connectivity index (χ0n) is 11.6. The Hall–Kier alpha value is 0.170. The maximum Gasteiger partial charge on any atom is 0.0590 e. The van der Waals surface area contributed by atoms with Gasteiger partial charge in [0.05, 0.1) is 6.61 Å². The van der Waals surface area contributed by atoms with Crippen LogP contribution in [0.15, 0.2) is 0 Å². The monoisotopic (exact) mass is 277 g/mol. The van der Waals surface area contributed by atoms with Gasteiger partial charge < -0.3 is 14.8 Å². The summed E-state index contributed by atoms with van der Waals surface area (Å²) >= 11 is 6.02. The van der Waals surface area contributed by atoms with Crippen molar-refractivity contribution in [2.24, 2.45) is 11.8 Å². The molecule has 0 amide bonds. The fraction of sp³-hybridized carbons (Fsp3) is 1.00. The van der Waals surface area contributed by atoms with Gasteiger partial charge in [-0.1, -0.05) is 12.8 Å². The fourth-order valence-corrected chi connectivity index (χ4v) is 3.00. The predicted octanol–water partition coefficient (Wildman–Crippen LogP) is 2.67. The Morgan fingerprint density at radius 2 is 1.89 bits per heavy atom. The molecule has 0 aromatic heterocycles. The summed E-state index contributed by atoms with van der Waals surface area (Å²) in [5.74, 6) is 2.31. The lowest BCUT2D eigenvalue weighted by Crippen LogP contribution is -2.33. The summed E-state index contributed by atoms with van der Waals surface area (Å²) in [6.07, 6.45) is 6.35. The Labute approximate surface area is 117 Å². The largest absolute Gasteiger partial charge is 0.385 e. The van der Waals surface area contributed by atoms with E-state index in [9.17, 15) is 0 Å². The van der Waals surface area contributed by atoms with Gasteiger partial charge in [0, 0.05) is 32.7 Å². The second-order valence-corrected chi connectivity index (χ2v) is 5.43. The highest BCUT2D eigenvalue weighted by Crippen LogP contribution is 2.30. The summed E-state index contributed by atoms with van der Waals surface area (Å²) in [7, 11) is 1.72. The Bertz CT molecular complexity index is 193. The lowest BCUT2D eigenvalue weighted by atomic mass is 9.80. The average Bonchev–Trinajstić information content (AvgIpc) is 2.42. The van der Waals surface area contributed by atoms with Crippen LogP contribution in [0.4, 0.5) is 0 Å². The number of hydrogen-bond acceptors (Lipinski definition) is 3. The third-order valence-electron chi connectivity index (χ3n) is 3.73. The Morgan fingerprint density at radius 1 is 1.11 bits per heavy atom. The third-order valence-corrected chi connectivity index (χ3v) is 4.13. The van der Waals surface area contributed by atoms with Gasteiger partial charge in [0.25, 0.3) is 0 Å². The Morgan fingerprint density at radius 3 is 2.61 bits per heavy atom. The van der Waals surface area contributed by atoms with Gasteiger partial charge in [0.2, 0.25) is 0 Å². The molecule has 1 saturated carbocycles. The van der Waals surface area contributed by atoms with Gasteiger partial charge in [-0.3, -0.25) is 0 Å². The summed E-state index contributed by atoms with van der Waals surface area (Å²) in [5, 5.41) is 3.50. The molecule has 1 N–H and O–H groups in total. The zero-order chi connectivity index (χ0) is 13.1. The van der Waals surface area contributed by atoms with Crippen LogP contribution in [0.1, 0.15) is 32.1 Å². The molecule has 0 bridgehead atoms. The minimum Gasteiger partial charge on any atom is -0.385 e. The molecule has 18 heavy (non-hydrogen) atoms. The number of alkyl halides is 1. The van der Waals surface area contributed by atoms with Crippen LogP contribution in [0.3, 0.4) is 0 Å². The molecule has 3 nitrogen and oxygen atoms in total. The van der Waals surface area contributed by atoms with Crippen LogP contribution in [-0.2, 0) is 9.47 Å². The van der Waals surface area contributed by atoms with E-state index in [1.807, 2.05) is 0 Å². The van der Waals surface area contributed by atoms with Crippen LogP contribution in [0.5, 0.6) is 0 Å². The molecular formula is C14H28ClNO2. The first kappa shape index (κ1) is 16.2. The topological polar surface area (TPSA) is 30.5 Å². The Balaban J connectivity index is 1.93. The Kier molecular flexibility index (Phi) is 9.95. The van der Waals surface area contributed by atoms with Crippen LogP contribution in [0.2, 0.25) is 0 Å². The van der Waals surface area contributed by atoms with Gasteiger partial charge in [0.15, 0.2) is 0 Å². The molecule has 2 atom stereocenters. The zero-order valence-corrected chi connectivity index (χ0v) is 12.4. The fourth-order valence-electron chi connectivity index (χ4n) is 2.60. The first-order valence-electron chi connectivity index (χ1n) is 7.21. The highest BCUT2D eigenvalue weighted by molar-refractivity contribution is 6.18. The minimum atomic E-state index is 0.718. The molecule has 1 aliphatic rings. The SMILES string of the molecule is COCCCOCCNCC1CCCCC1CCl. The normalized spacial score (nSPS) is 24.3. The van der Waals surface area contributed by atoms with Crippen molar-refractivity contribution in [1.82, 2.24) is 5.32 Å². The molecule has 2 unspecified atom stereocenters. The van der Waals surface area contributed by atoms with Crippen molar-refractivity contribution in [3.63, 3.8) is 0 Å². The first-order valence-corrected chi connectivity index (χ1v) is 7.75. The van der Waals surface area contributed by atoms with Crippen LogP contribution in [0, 0.1) is 11.8 Å². The number of ether oxygens (including phenoxy) is 2. The molecule has 1 fully saturated rings. The van der Waals surface area contributed by atoms with Gasteiger partial charge in [-0.2, -0.15) is 0 Å². The van der Waals surface area contributed by atoms with E-state index >= 15 is 0 Å². The molecule has 108 valence electrons. The van der Waals surface area contributed by atoms with E-state index in [-0.39, 0.29) is 0 Å². The standard InChI is InChI=1S/C14H28ClNO2/c1-17-8-4-9-18-10-7-16-12-14-6-3-2-5-13(14)11-15/h13-14,16H,2-12H2,1H3. The number of methoxy groups -OCH3 is 1. The van der Waals surface area contributed by atoms with E-state index in [2.05, 4.69) is 5.32 Å². The van der Waals surface area contributed by atoms with Gasteiger partial charge in [0.1, 0.15) is 0 Å². The summed E-state index contributed by atoms with van der Waals surface area (Å²) in [6, 6.07) is 0. The summed E-state index contributed by atoms with van der Waals surface area (Å²) < 4.78 is 10.5. The molecular weight excluding hydrogens is 250 g/mol. The van der Waals surface area contributed by atoms with E-state index in [0.717, 1.165) is 57.0 Å². The molecule has 0 radical (unpaired) electrons. The van der Waals surface area contributed by atoms with Gasteiger partial charge in [-0.05, 0) is 37.6 Å². The summed E-state index contributed by atoms with van der Waals surface area (Å²) in [6.45, 7) is 4.41. The van der Waals surface area contributed by atoms with Crippen molar-refractivity contribution in [1.29, 1.82) is 0 Å². The second kappa shape index (κ2) is 11.0. The van der Waals surface area contributed by atoms with Crippen LogP contribution in [0.25, 0.3) is 0 Å². The van der Waals surface area contributed by atoms with Crippen molar-refractivity contribution in [3.05, 3.63) is 0 Å². The van der Waals surface area contributed by atoms with E-state index < -0.39 is 0 Å².